The van der Waals surface area contributed by atoms with Crippen molar-refractivity contribution in [3.8, 4) is 0 Å². The maximum absolute atomic E-state index is 6.09. The molecule has 1 aliphatic heterocycles. The van der Waals surface area contributed by atoms with Gasteiger partial charge in [-0.15, -0.1) is 0 Å². The van der Waals surface area contributed by atoms with Gasteiger partial charge in [0.05, 0.1) is 0 Å². The van der Waals surface area contributed by atoms with Crippen molar-refractivity contribution in [2.75, 3.05) is 16.8 Å². The lowest BCUT2D eigenvalue weighted by Crippen LogP contribution is -2.42. The Morgan fingerprint density at radius 1 is 1.04 bits per heavy atom. The molecular formula is C22H23ClN4. The molecule has 0 bridgehead atoms. The monoisotopic (exact) mass is 378 g/mol. The van der Waals surface area contributed by atoms with Crippen LogP contribution in [0.5, 0.6) is 0 Å². The lowest BCUT2D eigenvalue weighted by atomic mass is 9.78. The summed E-state index contributed by atoms with van der Waals surface area (Å²) in [6, 6.07) is 18.3. The van der Waals surface area contributed by atoms with E-state index >= 15 is 0 Å². The van der Waals surface area contributed by atoms with Crippen molar-refractivity contribution in [1.29, 1.82) is 0 Å². The van der Waals surface area contributed by atoms with E-state index in [0.29, 0.717) is 11.0 Å². The van der Waals surface area contributed by atoms with Crippen LogP contribution >= 0.6 is 11.6 Å². The fourth-order valence-electron chi connectivity index (χ4n) is 3.77. The summed E-state index contributed by atoms with van der Waals surface area (Å²) in [6.45, 7) is 8.34. The van der Waals surface area contributed by atoms with Crippen LogP contribution in [0.15, 0.2) is 54.6 Å². The molecule has 0 saturated heterocycles. The standard InChI is InChI=1S/C22H23ClN4/c1-15-11-20(26-21(24-15)25-18-9-6-8-17(23)12-18)27-13-16-7-4-5-10-19(16)22(2,3)14-27/h4-12H,13-14H2,1-3H3,(H,24,25,26). The highest BCUT2D eigenvalue weighted by Gasteiger charge is 2.32. The third kappa shape index (κ3) is 3.76. The van der Waals surface area contributed by atoms with Crippen LogP contribution in [0.2, 0.25) is 5.02 Å². The Morgan fingerprint density at radius 3 is 2.67 bits per heavy atom. The highest BCUT2D eigenvalue weighted by atomic mass is 35.5. The van der Waals surface area contributed by atoms with Gasteiger partial charge in [0.2, 0.25) is 5.95 Å². The van der Waals surface area contributed by atoms with Gasteiger partial charge in [-0.05, 0) is 36.2 Å². The lowest BCUT2D eigenvalue weighted by molar-refractivity contribution is 0.474. The summed E-state index contributed by atoms with van der Waals surface area (Å²) in [4.78, 5) is 11.7. The number of nitrogens with one attached hydrogen (secondary N) is 1. The smallest absolute Gasteiger partial charge is 0.229 e. The van der Waals surface area contributed by atoms with Crippen LogP contribution in [0.4, 0.5) is 17.5 Å². The molecule has 2 heterocycles. The molecule has 1 aliphatic rings. The fourth-order valence-corrected chi connectivity index (χ4v) is 3.96. The highest BCUT2D eigenvalue weighted by Crippen LogP contribution is 2.35. The number of aryl methyl sites for hydroxylation is 1. The summed E-state index contributed by atoms with van der Waals surface area (Å²) in [6.07, 6.45) is 0. The summed E-state index contributed by atoms with van der Waals surface area (Å²) in [5, 5.41) is 3.95. The van der Waals surface area contributed by atoms with Gasteiger partial charge in [0, 0.05) is 41.0 Å². The summed E-state index contributed by atoms with van der Waals surface area (Å²) in [5.41, 5.74) is 4.65. The van der Waals surface area contributed by atoms with Crippen LogP contribution in [0, 0.1) is 6.92 Å². The SMILES string of the molecule is Cc1cc(N2Cc3ccccc3C(C)(C)C2)nc(Nc2cccc(Cl)c2)n1. The Hall–Kier alpha value is -2.59. The molecule has 138 valence electrons. The van der Waals surface area contributed by atoms with E-state index in [-0.39, 0.29) is 5.41 Å². The van der Waals surface area contributed by atoms with Gasteiger partial charge in [-0.3, -0.25) is 0 Å². The second-order valence-corrected chi connectivity index (χ2v) is 8.16. The first-order valence-corrected chi connectivity index (χ1v) is 9.50. The zero-order valence-electron chi connectivity index (χ0n) is 15.8. The predicted octanol–water partition coefficient (Wildman–Crippen LogP) is 5.48. The van der Waals surface area contributed by atoms with Crippen molar-refractivity contribution in [2.24, 2.45) is 0 Å². The van der Waals surface area contributed by atoms with Gasteiger partial charge in [-0.2, -0.15) is 4.98 Å². The average Bonchev–Trinajstić information content (AvgIpc) is 2.61. The quantitative estimate of drug-likeness (QED) is 0.655. The zero-order chi connectivity index (χ0) is 19.0. The molecule has 4 rings (SSSR count). The van der Waals surface area contributed by atoms with Gasteiger partial charge < -0.3 is 10.2 Å². The van der Waals surface area contributed by atoms with Gasteiger partial charge in [0.1, 0.15) is 5.82 Å². The second kappa shape index (κ2) is 6.86. The van der Waals surface area contributed by atoms with Crippen molar-refractivity contribution < 1.29 is 0 Å². The van der Waals surface area contributed by atoms with E-state index < -0.39 is 0 Å². The molecule has 0 amide bonds. The van der Waals surface area contributed by atoms with Gasteiger partial charge in [-0.1, -0.05) is 55.8 Å². The van der Waals surface area contributed by atoms with Crippen molar-refractivity contribution in [1.82, 2.24) is 9.97 Å². The normalized spacial score (nSPS) is 15.3. The van der Waals surface area contributed by atoms with Crippen molar-refractivity contribution >= 4 is 29.1 Å². The van der Waals surface area contributed by atoms with Crippen LogP contribution < -0.4 is 10.2 Å². The minimum atomic E-state index is 0.0637. The molecule has 0 aliphatic carbocycles. The summed E-state index contributed by atoms with van der Waals surface area (Å²) < 4.78 is 0. The Kier molecular flexibility index (Phi) is 4.52. The topological polar surface area (TPSA) is 41.1 Å². The van der Waals surface area contributed by atoms with Crippen LogP contribution in [0.1, 0.15) is 30.7 Å². The molecule has 0 fully saturated rings. The molecule has 0 saturated carbocycles. The third-order valence-electron chi connectivity index (χ3n) is 4.94. The Balaban J connectivity index is 1.66. The van der Waals surface area contributed by atoms with E-state index in [1.54, 1.807) is 0 Å². The molecule has 27 heavy (non-hydrogen) atoms. The van der Waals surface area contributed by atoms with Gasteiger partial charge in [0.25, 0.3) is 0 Å². The Labute approximate surface area is 165 Å². The zero-order valence-corrected chi connectivity index (χ0v) is 16.6. The number of rotatable bonds is 3. The van der Waals surface area contributed by atoms with E-state index in [1.807, 2.05) is 37.3 Å². The minimum Gasteiger partial charge on any atom is -0.351 e. The summed E-state index contributed by atoms with van der Waals surface area (Å²) in [5.74, 6) is 1.53. The number of nitrogens with zero attached hydrogens (tertiary/aromatic N) is 3. The minimum absolute atomic E-state index is 0.0637. The van der Waals surface area contributed by atoms with Crippen LogP contribution in [0.25, 0.3) is 0 Å². The number of aromatic nitrogens is 2. The third-order valence-corrected chi connectivity index (χ3v) is 5.17. The number of hydrogen-bond acceptors (Lipinski definition) is 4. The molecule has 1 N–H and O–H groups in total. The first-order valence-electron chi connectivity index (χ1n) is 9.12. The number of hydrogen-bond donors (Lipinski definition) is 1. The number of anilines is 3. The second-order valence-electron chi connectivity index (χ2n) is 7.72. The first-order chi connectivity index (χ1) is 12.9. The molecule has 0 unspecified atom stereocenters. The summed E-state index contributed by atoms with van der Waals surface area (Å²) >= 11 is 6.09. The van der Waals surface area contributed by atoms with Crippen LogP contribution in [-0.4, -0.2) is 16.5 Å². The Morgan fingerprint density at radius 2 is 1.85 bits per heavy atom. The first kappa shape index (κ1) is 17.8. The van der Waals surface area contributed by atoms with E-state index in [2.05, 4.69) is 53.3 Å². The predicted molar refractivity (Wildman–Crippen MR) is 112 cm³/mol. The molecule has 1 aromatic heterocycles. The van der Waals surface area contributed by atoms with Crippen molar-refractivity contribution in [3.05, 3.63) is 76.4 Å². The van der Waals surface area contributed by atoms with Crippen LogP contribution in [0.3, 0.4) is 0 Å². The molecular weight excluding hydrogens is 356 g/mol. The van der Waals surface area contributed by atoms with Crippen molar-refractivity contribution in [2.45, 2.75) is 32.7 Å². The molecule has 2 aromatic carbocycles. The fraction of sp³-hybridized carbons (Fsp3) is 0.273. The van der Waals surface area contributed by atoms with Gasteiger partial charge in [-0.25, -0.2) is 4.98 Å². The van der Waals surface area contributed by atoms with Gasteiger partial charge >= 0.3 is 0 Å². The molecule has 0 spiro atoms. The van der Waals surface area contributed by atoms with E-state index in [9.17, 15) is 0 Å². The highest BCUT2D eigenvalue weighted by molar-refractivity contribution is 6.30. The van der Waals surface area contributed by atoms with E-state index in [1.165, 1.54) is 11.1 Å². The lowest BCUT2D eigenvalue weighted by Gasteiger charge is -2.40. The molecule has 0 radical (unpaired) electrons. The Bertz CT molecular complexity index is 984. The molecule has 5 heteroatoms. The van der Waals surface area contributed by atoms with E-state index in [0.717, 1.165) is 30.3 Å². The maximum Gasteiger partial charge on any atom is 0.229 e. The number of benzene rings is 2. The number of fused-ring (bicyclic) bond motifs is 1. The van der Waals surface area contributed by atoms with E-state index in [4.69, 9.17) is 16.6 Å². The molecule has 0 atom stereocenters. The number of halogens is 1. The average molecular weight is 379 g/mol. The molecule has 3 aromatic rings. The van der Waals surface area contributed by atoms with Crippen molar-refractivity contribution in [3.63, 3.8) is 0 Å². The van der Waals surface area contributed by atoms with Gasteiger partial charge in [0.15, 0.2) is 0 Å². The molecule has 4 nitrogen and oxygen atoms in total. The summed E-state index contributed by atoms with van der Waals surface area (Å²) in [7, 11) is 0. The maximum atomic E-state index is 6.09. The van der Waals surface area contributed by atoms with Crippen LogP contribution in [-0.2, 0) is 12.0 Å². The largest absolute Gasteiger partial charge is 0.351 e.